The number of halogens is 3. The Labute approximate surface area is 101 Å². The van der Waals surface area contributed by atoms with Gasteiger partial charge in [0, 0.05) is 0 Å². The summed E-state index contributed by atoms with van der Waals surface area (Å²) in [6, 6.07) is 0. The predicted octanol–water partition coefficient (Wildman–Crippen LogP) is 3.60. The summed E-state index contributed by atoms with van der Waals surface area (Å²) in [6.45, 7) is 4.14. The van der Waals surface area contributed by atoms with Crippen LogP contribution in [0, 0.1) is 3.57 Å². The van der Waals surface area contributed by atoms with Gasteiger partial charge in [0.15, 0.2) is 0 Å². The van der Waals surface area contributed by atoms with E-state index in [-0.39, 0.29) is 0 Å². The van der Waals surface area contributed by atoms with Crippen molar-refractivity contribution < 1.29 is 0 Å². The van der Waals surface area contributed by atoms with Gasteiger partial charge in [0.1, 0.15) is 11.0 Å². The number of hydrogen-bond donors (Lipinski definition) is 0. The Morgan fingerprint density at radius 1 is 1.38 bits per heavy atom. The molecule has 1 rings (SSSR count). The SMILES string of the molecule is CC(C)c1nc(CCl)nc(Cl)c1I. The van der Waals surface area contributed by atoms with Crippen LogP contribution in [0.2, 0.25) is 5.15 Å². The average Bonchev–Trinajstić information content (AvgIpc) is 2.09. The molecule has 0 fully saturated rings. The number of aromatic nitrogens is 2. The molecule has 0 unspecified atom stereocenters. The largest absolute Gasteiger partial charge is 0.235 e. The first-order chi connectivity index (χ1) is 6.06. The lowest BCUT2D eigenvalue weighted by atomic mass is 10.1. The lowest BCUT2D eigenvalue weighted by Crippen LogP contribution is -2.03. The maximum absolute atomic E-state index is 5.92. The molecule has 0 spiro atoms. The van der Waals surface area contributed by atoms with Crippen LogP contribution in [-0.4, -0.2) is 9.97 Å². The van der Waals surface area contributed by atoms with Crippen molar-refractivity contribution in [3.05, 3.63) is 20.2 Å². The summed E-state index contributed by atoms with van der Waals surface area (Å²) in [7, 11) is 0. The first-order valence-electron chi connectivity index (χ1n) is 3.84. The minimum atomic E-state index is 0.302. The Hall–Kier alpha value is 0.390. The predicted molar refractivity (Wildman–Crippen MR) is 63.4 cm³/mol. The Kier molecular flexibility index (Phi) is 4.19. The van der Waals surface area contributed by atoms with Gasteiger partial charge in [0.25, 0.3) is 0 Å². The van der Waals surface area contributed by atoms with E-state index in [0.717, 1.165) is 9.26 Å². The van der Waals surface area contributed by atoms with Gasteiger partial charge in [-0.3, -0.25) is 0 Å². The molecule has 0 aliphatic carbocycles. The molecule has 72 valence electrons. The summed E-state index contributed by atoms with van der Waals surface area (Å²) in [4.78, 5) is 8.37. The Morgan fingerprint density at radius 3 is 2.46 bits per heavy atom. The molecule has 0 aromatic carbocycles. The number of nitrogens with zero attached hydrogens (tertiary/aromatic N) is 2. The second kappa shape index (κ2) is 4.75. The first-order valence-corrected chi connectivity index (χ1v) is 5.83. The van der Waals surface area contributed by atoms with Crippen molar-refractivity contribution in [2.75, 3.05) is 0 Å². The summed E-state index contributed by atoms with van der Waals surface area (Å²) in [5.74, 6) is 1.24. The fraction of sp³-hybridized carbons (Fsp3) is 0.500. The minimum Gasteiger partial charge on any atom is -0.235 e. The van der Waals surface area contributed by atoms with E-state index in [1.165, 1.54) is 0 Å². The lowest BCUT2D eigenvalue weighted by Gasteiger charge is -2.09. The van der Waals surface area contributed by atoms with Crippen molar-refractivity contribution in [1.29, 1.82) is 0 Å². The number of hydrogen-bond acceptors (Lipinski definition) is 2. The van der Waals surface area contributed by atoms with Crippen molar-refractivity contribution in [1.82, 2.24) is 9.97 Å². The van der Waals surface area contributed by atoms with Crippen LogP contribution in [0.4, 0.5) is 0 Å². The Balaban J connectivity index is 3.25. The molecule has 0 saturated carbocycles. The van der Waals surface area contributed by atoms with E-state index < -0.39 is 0 Å². The normalized spacial score (nSPS) is 10.9. The zero-order valence-corrected chi connectivity index (χ0v) is 11.0. The molecule has 0 atom stereocenters. The van der Waals surface area contributed by atoms with Gasteiger partial charge in [-0.05, 0) is 28.5 Å². The second-order valence-corrected chi connectivity index (χ2v) is 4.62. The molecule has 0 aliphatic heterocycles. The highest BCUT2D eigenvalue weighted by Crippen LogP contribution is 2.24. The molecule has 0 radical (unpaired) electrons. The smallest absolute Gasteiger partial charge is 0.146 e. The first kappa shape index (κ1) is 11.5. The Morgan fingerprint density at radius 2 is 2.00 bits per heavy atom. The summed E-state index contributed by atoms with van der Waals surface area (Å²) >= 11 is 13.7. The van der Waals surface area contributed by atoms with Crippen LogP contribution < -0.4 is 0 Å². The third kappa shape index (κ3) is 2.67. The van der Waals surface area contributed by atoms with Gasteiger partial charge in [0.05, 0.1) is 15.1 Å². The van der Waals surface area contributed by atoms with Crippen molar-refractivity contribution in [2.45, 2.75) is 25.6 Å². The van der Waals surface area contributed by atoms with Gasteiger partial charge in [-0.1, -0.05) is 25.4 Å². The Bertz CT molecular complexity index is 315. The maximum atomic E-state index is 5.92. The summed E-state index contributed by atoms with van der Waals surface area (Å²) in [5.41, 5.74) is 0.969. The van der Waals surface area contributed by atoms with Crippen LogP contribution >= 0.6 is 45.8 Å². The van der Waals surface area contributed by atoms with Gasteiger partial charge in [-0.2, -0.15) is 0 Å². The molecule has 13 heavy (non-hydrogen) atoms. The van der Waals surface area contributed by atoms with Crippen molar-refractivity contribution in [3.8, 4) is 0 Å². The zero-order valence-electron chi connectivity index (χ0n) is 7.31. The third-order valence-corrected chi connectivity index (χ3v) is 3.44. The molecule has 0 bridgehead atoms. The van der Waals surface area contributed by atoms with Gasteiger partial charge in [-0.25, -0.2) is 9.97 Å². The standard InChI is InChI=1S/C8H9Cl2IN2/c1-4(2)7-6(11)8(10)13-5(3-9)12-7/h4H,3H2,1-2H3. The molecule has 5 heteroatoms. The average molecular weight is 331 g/mol. The molecule has 0 saturated heterocycles. The third-order valence-electron chi connectivity index (χ3n) is 1.55. The fourth-order valence-electron chi connectivity index (χ4n) is 0.923. The van der Waals surface area contributed by atoms with Crippen molar-refractivity contribution in [2.24, 2.45) is 0 Å². The summed E-state index contributed by atoms with van der Waals surface area (Å²) < 4.78 is 0.920. The van der Waals surface area contributed by atoms with Gasteiger partial charge >= 0.3 is 0 Å². The highest BCUT2D eigenvalue weighted by Gasteiger charge is 2.12. The number of alkyl halides is 1. The molecule has 2 nitrogen and oxygen atoms in total. The number of rotatable bonds is 2. The van der Waals surface area contributed by atoms with E-state index >= 15 is 0 Å². The van der Waals surface area contributed by atoms with E-state index in [0.29, 0.717) is 22.8 Å². The second-order valence-electron chi connectivity index (χ2n) is 2.92. The maximum Gasteiger partial charge on any atom is 0.146 e. The summed E-state index contributed by atoms with van der Waals surface area (Å²) in [6.07, 6.45) is 0. The zero-order chi connectivity index (χ0) is 10.0. The molecule has 0 N–H and O–H groups in total. The molecular weight excluding hydrogens is 322 g/mol. The van der Waals surface area contributed by atoms with Crippen LogP contribution in [0.3, 0.4) is 0 Å². The van der Waals surface area contributed by atoms with Gasteiger partial charge < -0.3 is 0 Å². The molecule has 0 amide bonds. The monoisotopic (exact) mass is 330 g/mol. The highest BCUT2D eigenvalue weighted by molar-refractivity contribution is 14.1. The van der Waals surface area contributed by atoms with E-state index in [2.05, 4.69) is 46.4 Å². The molecule has 1 aromatic rings. The van der Waals surface area contributed by atoms with Crippen LogP contribution in [0.1, 0.15) is 31.3 Å². The fourth-order valence-corrected chi connectivity index (χ4v) is 2.10. The molecule has 0 aliphatic rings. The minimum absolute atomic E-state index is 0.302. The summed E-state index contributed by atoms with van der Waals surface area (Å²) in [5, 5.41) is 0.495. The molecular formula is C8H9Cl2IN2. The van der Waals surface area contributed by atoms with Crippen LogP contribution in [-0.2, 0) is 5.88 Å². The van der Waals surface area contributed by atoms with E-state index in [4.69, 9.17) is 23.2 Å². The van der Waals surface area contributed by atoms with E-state index in [9.17, 15) is 0 Å². The van der Waals surface area contributed by atoms with Gasteiger partial charge in [0.2, 0.25) is 0 Å². The van der Waals surface area contributed by atoms with E-state index in [1.54, 1.807) is 0 Å². The molecule has 1 aromatic heterocycles. The van der Waals surface area contributed by atoms with Crippen molar-refractivity contribution >= 4 is 45.8 Å². The van der Waals surface area contributed by atoms with Crippen LogP contribution in [0.25, 0.3) is 0 Å². The highest BCUT2D eigenvalue weighted by atomic mass is 127. The van der Waals surface area contributed by atoms with Gasteiger partial charge in [-0.15, -0.1) is 11.6 Å². The quantitative estimate of drug-likeness (QED) is 0.470. The van der Waals surface area contributed by atoms with Crippen LogP contribution in [0.5, 0.6) is 0 Å². The lowest BCUT2D eigenvalue weighted by molar-refractivity contribution is 0.790. The van der Waals surface area contributed by atoms with Crippen LogP contribution in [0.15, 0.2) is 0 Å². The molecule has 1 heterocycles. The van der Waals surface area contributed by atoms with E-state index in [1.807, 2.05) is 0 Å². The topological polar surface area (TPSA) is 25.8 Å². The van der Waals surface area contributed by atoms with Crippen molar-refractivity contribution in [3.63, 3.8) is 0 Å².